The number of aromatic nitrogens is 3. The Morgan fingerprint density at radius 2 is 2.18 bits per heavy atom. The lowest BCUT2D eigenvalue weighted by atomic mass is 10.4. The Morgan fingerprint density at radius 3 is 2.55 bits per heavy atom. The van der Waals surface area contributed by atoms with Crippen molar-refractivity contribution in [1.82, 2.24) is 14.8 Å². The van der Waals surface area contributed by atoms with Crippen LogP contribution in [-0.4, -0.2) is 21.3 Å². The quantitative estimate of drug-likeness (QED) is 0.672. The molecular formula is C7H16N4. The average Bonchev–Trinajstić information content (AvgIpc) is 2.42. The summed E-state index contributed by atoms with van der Waals surface area (Å²) in [4.78, 5) is 0. The molecular weight excluding hydrogens is 140 g/mol. The highest BCUT2D eigenvalue weighted by atomic mass is 15.2. The van der Waals surface area contributed by atoms with Gasteiger partial charge in [-0.1, -0.05) is 13.8 Å². The molecule has 1 aromatic heterocycles. The molecule has 0 aliphatic carbocycles. The molecule has 0 amide bonds. The van der Waals surface area contributed by atoms with Gasteiger partial charge in [-0.2, -0.15) is 0 Å². The molecule has 11 heavy (non-hydrogen) atoms. The predicted octanol–water partition coefficient (Wildman–Crippen LogP) is 0.342. The molecule has 0 aliphatic rings. The van der Waals surface area contributed by atoms with Crippen molar-refractivity contribution in [2.45, 2.75) is 20.3 Å². The van der Waals surface area contributed by atoms with Gasteiger partial charge in [-0.25, -0.2) is 0 Å². The predicted molar refractivity (Wildman–Crippen MR) is 45.1 cm³/mol. The minimum atomic E-state index is 0.631. The van der Waals surface area contributed by atoms with E-state index in [0.717, 1.165) is 12.2 Å². The maximum atomic E-state index is 5.31. The van der Waals surface area contributed by atoms with E-state index in [0.29, 0.717) is 6.54 Å². The molecule has 1 aromatic rings. The molecule has 64 valence electrons. The first-order valence-electron chi connectivity index (χ1n) is 3.87. The second kappa shape index (κ2) is 5.85. The lowest BCUT2D eigenvalue weighted by molar-refractivity contribution is 0.776. The van der Waals surface area contributed by atoms with Gasteiger partial charge in [0.05, 0.1) is 0 Å². The Hall–Kier alpha value is -0.900. The Labute approximate surface area is 67.4 Å². The maximum absolute atomic E-state index is 5.31. The zero-order valence-electron chi connectivity index (χ0n) is 7.41. The molecule has 1 heterocycles. The third kappa shape index (κ3) is 3.13. The van der Waals surface area contributed by atoms with Crippen LogP contribution in [0.4, 0.5) is 0 Å². The number of aryl methyl sites for hydroxylation is 1. The number of nitrogens with two attached hydrogens (primary N) is 1. The van der Waals surface area contributed by atoms with Crippen molar-refractivity contribution in [2.75, 3.05) is 6.54 Å². The van der Waals surface area contributed by atoms with E-state index in [1.807, 2.05) is 25.5 Å². The molecule has 0 radical (unpaired) electrons. The Morgan fingerprint density at radius 1 is 1.55 bits per heavy atom. The van der Waals surface area contributed by atoms with Crippen molar-refractivity contribution in [3.05, 3.63) is 12.2 Å². The summed E-state index contributed by atoms with van der Waals surface area (Å²) in [7, 11) is 1.91. The Kier molecular flexibility index (Phi) is 5.37. The molecule has 2 N–H and O–H groups in total. The fourth-order valence-electron chi connectivity index (χ4n) is 0.663. The van der Waals surface area contributed by atoms with Gasteiger partial charge < -0.3 is 10.3 Å². The van der Waals surface area contributed by atoms with Crippen molar-refractivity contribution in [3.63, 3.8) is 0 Å². The van der Waals surface area contributed by atoms with Gasteiger partial charge in [0.1, 0.15) is 12.2 Å². The SMILES string of the molecule is CC.Cn1cnnc1CCN. The molecule has 0 fully saturated rings. The highest BCUT2D eigenvalue weighted by Gasteiger charge is 1.95. The van der Waals surface area contributed by atoms with Crippen LogP contribution >= 0.6 is 0 Å². The van der Waals surface area contributed by atoms with E-state index >= 15 is 0 Å². The second-order valence-electron chi connectivity index (χ2n) is 1.90. The molecule has 0 unspecified atom stereocenters. The van der Waals surface area contributed by atoms with Crippen LogP contribution in [0.5, 0.6) is 0 Å². The van der Waals surface area contributed by atoms with E-state index < -0.39 is 0 Å². The van der Waals surface area contributed by atoms with Crippen LogP contribution in [0.25, 0.3) is 0 Å². The standard InChI is InChI=1S/C5H10N4.C2H6/c1-9-4-7-8-5(9)2-3-6;1-2/h4H,2-3,6H2,1H3;1-2H3. The molecule has 0 aromatic carbocycles. The summed E-state index contributed by atoms with van der Waals surface area (Å²) >= 11 is 0. The minimum absolute atomic E-state index is 0.631. The molecule has 0 atom stereocenters. The second-order valence-corrected chi connectivity index (χ2v) is 1.90. The third-order valence-electron chi connectivity index (χ3n) is 1.17. The first-order chi connectivity index (χ1) is 5.34. The highest BCUT2D eigenvalue weighted by molar-refractivity contribution is 4.83. The van der Waals surface area contributed by atoms with E-state index in [1.54, 1.807) is 6.33 Å². The first-order valence-corrected chi connectivity index (χ1v) is 3.87. The van der Waals surface area contributed by atoms with E-state index in [-0.39, 0.29) is 0 Å². The summed E-state index contributed by atoms with van der Waals surface area (Å²) in [6.07, 6.45) is 2.47. The van der Waals surface area contributed by atoms with Gasteiger partial charge in [-0.3, -0.25) is 0 Å². The van der Waals surface area contributed by atoms with E-state index in [2.05, 4.69) is 10.2 Å². The fourth-order valence-corrected chi connectivity index (χ4v) is 0.663. The highest BCUT2D eigenvalue weighted by Crippen LogP contribution is 1.89. The summed E-state index contributed by atoms with van der Waals surface area (Å²) in [5.41, 5.74) is 5.31. The summed E-state index contributed by atoms with van der Waals surface area (Å²) in [6.45, 7) is 4.63. The minimum Gasteiger partial charge on any atom is -0.330 e. The molecule has 0 spiro atoms. The molecule has 4 heteroatoms. The van der Waals surface area contributed by atoms with E-state index in [4.69, 9.17) is 5.73 Å². The number of nitrogens with zero attached hydrogens (tertiary/aromatic N) is 3. The van der Waals surface area contributed by atoms with Crippen molar-refractivity contribution in [3.8, 4) is 0 Å². The van der Waals surface area contributed by atoms with Crippen molar-refractivity contribution in [1.29, 1.82) is 0 Å². The van der Waals surface area contributed by atoms with Gasteiger partial charge in [0.2, 0.25) is 0 Å². The number of hydrogen-bond donors (Lipinski definition) is 1. The topological polar surface area (TPSA) is 56.7 Å². The molecule has 0 aliphatic heterocycles. The molecule has 0 bridgehead atoms. The molecule has 0 saturated heterocycles. The zero-order chi connectivity index (χ0) is 8.69. The average molecular weight is 156 g/mol. The smallest absolute Gasteiger partial charge is 0.133 e. The van der Waals surface area contributed by atoms with Gasteiger partial charge in [-0.05, 0) is 6.54 Å². The normalized spacial score (nSPS) is 8.73. The fraction of sp³-hybridized carbons (Fsp3) is 0.714. The monoisotopic (exact) mass is 156 g/mol. The maximum Gasteiger partial charge on any atom is 0.133 e. The van der Waals surface area contributed by atoms with Crippen LogP contribution in [0, 0.1) is 0 Å². The Balaban J connectivity index is 0.000000461. The third-order valence-corrected chi connectivity index (χ3v) is 1.17. The van der Waals surface area contributed by atoms with E-state index in [1.165, 1.54) is 0 Å². The first kappa shape index (κ1) is 10.1. The van der Waals surface area contributed by atoms with Gasteiger partial charge >= 0.3 is 0 Å². The van der Waals surface area contributed by atoms with Gasteiger partial charge in [-0.15, -0.1) is 10.2 Å². The zero-order valence-corrected chi connectivity index (χ0v) is 7.41. The molecule has 0 saturated carbocycles. The molecule has 1 rings (SSSR count). The van der Waals surface area contributed by atoms with Gasteiger partial charge in [0, 0.05) is 13.5 Å². The molecule has 4 nitrogen and oxygen atoms in total. The van der Waals surface area contributed by atoms with Crippen molar-refractivity contribution >= 4 is 0 Å². The van der Waals surface area contributed by atoms with Gasteiger partial charge in [0.15, 0.2) is 0 Å². The van der Waals surface area contributed by atoms with Gasteiger partial charge in [0.25, 0.3) is 0 Å². The van der Waals surface area contributed by atoms with Crippen molar-refractivity contribution < 1.29 is 0 Å². The van der Waals surface area contributed by atoms with Crippen LogP contribution in [0.2, 0.25) is 0 Å². The van der Waals surface area contributed by atoms with Crippen LogP contribution in [0.1, 0.15) is 19.7 Å². The summed E-state index contributed by atoms with van der Waals surface area (Å²) in [5.74, 6) is 0.942. The lowest BCUT2D eigenvalue weighted by Gasteiger charge is -1.93. The van der Waals surface area contributed by atoms with Crippen LogP contribution in [0.3, 0.4) is 0 Å². The van der Waals surface area contributed by atoms with Crippen LogP contribution in [0.15, 0.2) is 6.33 Å². The largest absolute Gasteiger partial charge is 0.330 e. The summed E-state index contributed by atoms with van der Waals surface area (Å²) < 4.78 is 1.87. The van der Waals surface area contributed by atoms with E-state index in [9.17, 15) is 0 Å². The Bertz CT molecular complexity index is 182. The number of rotatable bonds is 2. The van der Waals surface area contributed by atoms with Crippen LogP contribution in [-0.2, 0) is 13.5 Å². The summed E-state index contributed by atoms with van der Waals surface area (Å²) in [6, 6.07) is 0. The van der Waals surface area contributed by atoms with Crippen LogP contribution < -0.4 is 5.73 Å². The number of hydrogen-bond acceptors (Lipinski definition) is 3. The van der Waals surface area contributed by atoms with Crippen molar-refractivity contribution in [2.24, 2.45) is 12.8 Å². The summed E-state index contributed by atoms with van der Waals surface area (Å²) in [5, 5.41) is 7.54. The lowest BCUT2D eigenvalue weighted by Crippen LogP contribution is -2.07.